The van der Waals surface area contributed by atoms with Crippen molar-refractivity contribution in [3.05, 3.63) is 35.9 Å². The van der Waals surface area contributed by atoms with Crippen LogP contribution in [0.4, 0.5) is 0 Å². The molecular weight excluding hydrogens is 274 g/mol. The minimum Gasteiger partial charge on any atom is -0.480 e. The lowest BCUT2D eigenvalue weighted by molar-refractivity contribution is -0.150. The Morgan fingerprint density at radius 2 is 1.90 bits per heavy atom. The van der Waals surface area contributed by atoms with E-state index in [1.807, 2.05) is 43.5 Å². The Morgan fingerprint density at radius 3 is 2.40 bits per heavy atom. The molecular formula is C15H21NO3S. The fraction of sp³-hybridized carbons (Fsp3) is 0.467. The minimum atomic E-state index is -0.971. The monoisotopic (exact) mass is 295 g/mol. The number of amides is 1. The van der Waals surface area contributed by atoms with Crippen LogP contribution in [0.3, 0.4) is 0 Å². The summed E-state index contributed by atoms with van der Waals surface area (Å²) in [6, 6.07) is 8.54. The summed E-state index contributed by atoms with van der Waals surface area (Å²) in [6.07, 6.45) is 2.26. The Hall–Kier alpha value is -1.49. The van der Waals surface area contributed by atoms with Gasteiger partial charge in [0.1, 0.15) is 6.04 Å². The normalized spacial score (nSPS) is 13.6. The van der Waals surface area contributed by atoms with E-state index in [4.69, 9.17) is 0 Å². The molecule has 1 aromatic rings. The molecule has 1 rings (SSSR count). The zero-order chi connectivity index (χ0) is 15.1. The third-order valence-electron chi connectivity index (χ3n) is 3.21. The lowest BCUT2D eigenvalue weighted by atomic mass is 10.0. The summed E-state index contributed by atoms with van der Waals surface area (Å²) in [4.78, 5) is 25.0. The Morgan fingerprint density at radius 1 is 1.30 bits per heavy atom. The molecule has 110 valence electrons. The second-order valence-corrected chi connectivity index (χ2v) is 5.76. The first-order valence-corrected chi connectivity index (χ1v) is 7.89. The van der Waals surface area contributed by atoms with Crippen molar-refractivity contribution in [2.75, 3.05) is 19.1 Å². The van der Waals surface area contributed by atoms with Crippen molar-refractivity contribution in [2.45, 2.75) is 19.4 Å². The molecule has 0 aliphatic carbocycles. The van der Waals surface area contributed by atoms with Gasteiger partial charge in [-0.3, -0.25) is 4.79 Å². The Balaban J connectivity index is 2.80. The topological polar surface area (TPSA) is 57.6 Å². The van der Waals surface area contributed by atoms with Crippen molar-refractivity contribution < 1.29 is 14.7 Å². The number of nitrogens with zero attached hydrogens (tertiary/aromatic N) is 1. The van der Waals surface area contributed by atoms with E-state index in [2.05, 4.69) is 0 Å². The number of likely N-dealkylation sites (N-methyl/N-ethyl adjacent to an activating group) is 1. The van der Waals surface area contributed by atoms with Crippen LogP contribution in [-0.4, -0.2) is 47.0 Å². The summed E-state index contributed by atoms with van der Waals surface area (Å²) in [5.41, 5.74) is 0.914. The Bertz CT molecular complexity index is 450. The van der Waals surface area contributed by atoms with Gasteiger partial charge in [-0.15, -0.1) is 0 Å². The molecule has 1 aromatic carbocycles. The van der Waals surface area contributed by atoms with E-state index in [-0.39, 0.29) is 11.8 Å². The van der Waals surface area contributed by atoms with E-state index < -0.39 is 12.0 Å². The lowest BCUT2D eigenvalue weighted by Gasteiger charge is -2.27. The predicted octanol–water partition coefficient (Wildman–Crippen LogP) is 2.14. The second kappa shape index (κ2) is 7.94. The fourth-order valence-corrected chi connectivity index (χ4v) is 2.69. The number of aliphatic carboxylic acids is 1. The molecule has 0 bridgehead atoms. The first-order chi connectivity index (χ1) is 9.47. The molecule has 1 amide bonds. The smallest absolute Gasteiger partial charge is 0.326 e. The van der Waals surface area contributed by atoms with E-state index in [1.54, 1.807) is 18.8 Å². The van der Waals surface area contributed by atoms with Crippen LogP contribution < -0.4 is 0 Å². The number of hydrogen-bond donors (Lipinski definition) is 1. The van der Waals surface area contributed by atoms with Crippen LogP contribution in [0.15, 0.2) is 30.3 Å². The zero-order valence-electron chi connectivity index (χ0n) is 12.1. The van der Waals surface area contributed by atoms with Crippen LogP contribution in [0.25, 0.3) is 0 Å². The molecule has 2 unspecified atom stereocenters. The van der Waals surface area contributed by atoms with Crippen molar-refractivity contribution in [1.82, 2.24) is 4.90 Å². The van der Waals surface area contributed by atoms with Gasteiger partial charge >= 0.3 is 5.97 Å². The van der Waals surface area contributed by atoms with E-state index in [1.165, 1.54) is 4.90 Å². The highest BCUT2D eigenvalue weighted by Gasteiger charge is 2.29. The molecule has 1 N–H and O–H groups in total. The molecule has 0 fully saturated rings. The van der Waals surface area contributed by atoms with Gasteiger partial charge in [0.05, 0.1) is 0 Å². The largest absolute Gasteiger partial charge is 0.480 e. The number of thioether (sulfide) groups is 1. The Labute approximate surface area is 124 Å². The van der Waals surface area contributed by atoms with Crippen LogP contribution in [0.2, 0.25) is 0 Å². The molecule has 4 nitrogen and oxygen atoms in total. The molecule has 0 aliphatic heterocycles. The maximum Gasteiger partial charge on any atom is 0.326 e. The Kier molecular flexibility index (Phi) is 6.58. The van der Waals surface area contributed by atoms with Crippen molar-refractivity contribution in [3.63, 3.8) is 0 Å². The van der Waals surface area contributed by atoms with Crippen molar-refractivity contribution in [3.8, 4) is 0 Å². The maximum atomic E-state index is 12.2. The summed E-state index contributed by atoms with van der Waals surface area (Å²) in [7, 11) is 1.57. The molecule has 0 radical (unpaired) electrons. The summed E-state index contributed by atoms with van der Waals surface area (Å²) in [5.74, 6) is -0.572. The molecule has 0 aliphatic rings. The van der Waals surface area contributed by atoms with Crippen molar-refractivity contribution >= 4 is 23.6 Å². The highest BCUT2D eigenvalue weighted by atomic mass is 32.2. The van der Waals surface area contributed by atoms with Crippen LogP contribution in [0.5, 0.6) is 0 Å². The average molecular weight is 295 g/mol. The van der Waals surface area contributed by atoms with E-state index in [0.29, 0.717) is 12.2 Å². The molecule has 0 saturated carbocycles. The number of carboxylic acids is 1. The first kappa shape index (κ1) is 16.6. The first-order valence-electron chi connectivity index (χ1n) is 6.49. The van der Waals surface area contributed by atoms with Crippen molar-refractivity contribution in [1.29, 1.82) is 0 Å². The molecule has 20 heavy (non-hydrogen) atoms. The predicted molar refractivity (Wildman–Crippen MR) is 81.9 cm³/mol. The number of hydrogen-bond acceptors (Lipinski definition) is 3. The fourth-order valence-electron chi connectivity index (χ4n) is 2.05. The molecule has 2 atom stereocenters. The summed E-state index contributed by atoms with van der Waals surface area (Å²) >= 11 is 1.58. The van der Waals surface area contributed by atoms with Gasteiger partial charge in [-0.05, 0) is 11.8 Å². The number of benzene rings is 1. The van der Waals surface area contributed by atoms with E-state index in [0.717, 1.165) is 5.56 Å². The van der Waals surface area contributed by atoms with Gasteiger partial charge in [0, 0.05) is 25.1 Å². The van der Waals surface area contributed by atoms with Crippen LogP contribution in [-0.2, 0) is 16.0 Å². The van der Waals surface area contributed by atoms with E-state index >= 15 is 0 Å². The summed E-state index contributed by atoms with van der Waals surface area (Å²) in [5, 5.41) is 9.37. The third kappa shape index (κ3) is 4.56. The summed E-state index contributed by atoms with van der Waals surface area (Å²) in [6.45, 7) is 1.83. The summed E-state index contributed by atoms with van der Waals surface area (Å²) < 4.78 is 0. The van der Waals surface area contributed by atoms with E-state index in [9.17, 15) is 14.7 Å². The highest BCUT2D eigenvalue weighted by molar-refractivity contribution is 7.98. The molecule has 0 aromatic heterocycles. The highest BCUT2D eigenvalue weighted by Crippen LogP contribution is 2.13. The lowest BCUT2D eigenvalue weighted by Crippen LogP contribution is -2.46. The SMILES string of the molecule is CSCC(C)C(=O)N(C)C(Cc1ccccc1)C(=O)O. The standard InChI is InChI=1S/C15H21NO3S/c1-11(10-20-3)14(17)16(2)13(15(18)19)9-12-7-5-4-6-8-12/h4-8,11,13H,9-10H2,1-3H3,(H,18,19). The van der Waals surface area contributed by atoms with Crippen molar-refractivity contribution in [2.24, 2.45) is 5.92 Å². The number of rotatable bonds is 7. The van der Waals surface area contributed by atoms with Gasteiger partial charge in [-0.1, -0.05) is 37.3 Å². The maximum absolute atomic E-state index is 12.2. The minimum absolute atomic E-state index is 0.123. The molecule has 0 heterocycles. The number of carboxylic acid groups (broad SMARTS) is 1. The van der Waals surface area contributed by atoms with Gasteiger partial charge in [0.2, 0.25) is 5.91 Å². The van der Waals surface area contributed by atoms with Crippen LogP contribution >= 0.6 is 11.8 Å². The van der Waals surface area contributed by atoms with Gasteiger partial charge in [-0.25, -0.2) is 4.79 Å². The quantitative estimate of drug-likeness (QED) is 0.837. The molecule has 0 spiro atoms. The van der Waals surface area contributed by atoms with Gasteiger partial charge in [0.15, 0.2) is 0 Å². The third-order valence-corrected chi connectivity index (χ3v) is 4.04. The number of carbonyl (C=O) groups excluding carboxylic acids is 1. The van der Waals surface area contributed by atoms with Crippen LogP contribution in [0, 0.1) is 5.92 Å². The van der Waals surface area contributed by atoms with Gasteiger partial charge in [-0.2, -0.15) is 11.8 Å². The van der Waals surface area contributed by atoms with Gasteiger partial charge < -0.3 is 10.0 Å². The number of carbonyl (C=O) groups is 2. The molecule has 0 saturated heterocycles. The average Bonchev–Trinajstić information content (AvgIpc) is 2.44. The molecule has 5 heteroatoms. The van der Waals surface area contributed by atoms with Crippen LogP contribution in [0.1, 0.15) is 12.5 Å². The second-order valence-electron chi connectivity index (χ2n) is 4.85. The zero-order valence-corrected chi connectivity index (χ0v) is 12.9. The van der Waals surface area contributed by atoms with Gasteiger partial charge in [0.25, 0.3) is 0 Å².